The molecule has 18 rings (SSSR count). The van der Waals surface area contributed by atoms with Crippen LogP contribution in [0.5, 0.6) is 0 Å². The summed E-state index contributed by atoms with van der Waals surface area (Å²) in [5, 5.41) is 68.0. The van der Waals surface area contributed by atoms with Gasteiger partial charge in [0.1, 0.15) is 0 Å². The van der Waals surface area contributed by atoms with Crippen LogP contribution in [0.3, 0.4) is 0 Å². The summed E-state index contributed by atoms with van der Waals surface area (Å²) in [5.41, 5.74) is 0. The van der Waals surface area contributed by atoms with E-state index in [0.717, 1.165) is 94.7 Å². The van der Waals surface area contributed by atoms with Gasteiger partial charge in [0.2, 0.25) is 0 Å². The number of fused-ring (bicyclic) bond motifs is 40. The maximum atomic E-state index is 4.35. The van der Waals surface area contributed by atoms with Gasteiger partial charge in [-0.05, 0) is 208 Å². The summed E-state index contributed by atoms with van der Waals surface area (Å²) >= 11 is 0. The van der Waals surface area contributed by atoms with Crippen LogP contribution in [0, 0.1) is 118 Å². The van der Waals surface area contributed by atoms with Crippen LogP contribution < -0.4 is 85.1 Å². The second-order valence-corrected chi connectivity index (χ2v) is 33.2. The summed E-state index contributed by atoms with van der Waals surface area (Å²) in [6, 6.07) is 0. The zero-order valence-electron chi connectivity index (χ0n) is 52.6. The van der Waals surface area contributed by atoms with Gasteiger partial charge in [0.25, 0.3) is 0 Å². The van der Waals surface area contributed by atoms with E-state index < -0.39 is 0 Å². The van der Waals surface area contributed by atoms with Crippen LogP contribution in [0.4, 0.5) is 0 Å². The first kappa shape index (κ1) is 57.3. The molecule has 18 aliphatic rings. The molecule has 28 atom stereocenters. The molecule has 8 aliphatic carbocycles. The van der Waals surface area contributed by atoms with Crippen LogP contribution >= 0.6 is 0 Å². The van der Waals surface area contributed by atoms with Gasteiger partial charge in [-0.3, -0.25) is 85.1 Å². The second-order valence-electron chi connectivity index (χ2n) is 33.2. The van der Waals surface area contributed by atoms with Gasteiger partial charge in [0.15, 0.2) is 0 Å². The van der Waals surface area contributed by atoms with E-state index in [-0.39, 0.29) is 0 Å². The maximum Gasteiger partial charge on any atom is 0.0631 e. The molecule has 16 heteroatoms. The predicted octanol–water partition coefficient (Wildman–Crippen LogP) is 6.20. The molecule has 10 aliphatic heterocycles. The number of nitrogens with one attached hydrogen (secondary N) is 16. The van der Waals surface area contributed by atoms with Crippen molar-refractivity contribution in [3.05, 3.63) is 0 Å². The summed E-state index contributed by atoms with van der Waals surface area (Å²) in [6.07, 6.45) is 45.2. The Bertz CT molecular complexity index is 1980. The monoisotopic (exact) mass is 1160 g/mol. The van der Waals surface area contributed by atoms with Crippen molar-refractivity contribution >= 4 is 0 Å². The summed E-state index contributed by atoms with van der Waals surface area (Å²) in [5.74, 6) is 14.5. The number of rotatable bonds is 0. The molecular weight excluding hydrogens is 1040 g/mol. The fraction of sp³-hybridized carbons (Fsp3) is 1.00. The summed E-state index contributed by atoms with van der Waals surface area (Å²) < 4.78 is 0. The van der Waals surface area contributed by atoms with Crippen molar-refractivity contribution in [2.24, 2.45) is 118 Å². The van der Waals surface area contributed by atoms with E-state index in [1.165, 1.54) is 180 Å². The van der Waals surface area contributed by atoms with E-state index in [9.17, 15) is 0 Å². The van der Waals surface area contributed by atoms with E-state index in [4.69, 9.17) is 0 Å². The Labute approximate surface area is 507 Å². The van der Waals surface area contributed by atoms with Crippen molar-refractivity contribution < 1.29 is 0 Å². The van der Waals surface area contributed by atoms with Crippen LogP contribution in [-0.2, 0) is 0 Å². The van der Waals surface area contributed by atoms with Crippen LogP contribution in [0.2, 0.25) is 0 Å². The first-order chi connectivity index (χ1) is 41.3. The van der Waals surface area contributed by atoms with Gasteiger partial charge in [0, 0.05) is 0 Å². The molecule has 0 amide bonds. The minimum Gasteiger partial charge on any atom is -0.286 e. The fourth-order valence-electron chi connectivity index (χ4n) is 25.3. The Morgan fingerprint density at radius 1 is 0.143 bits per heavy atom. The van der Waals surface area contributed by atoms with Gasteiger partial charge in [-0.15, -0.1) is 0 Å². The molecule has 0 spiro atoms. The highest BCUT2D eigenvalue weighted by Gasteiger charge is 2.60. The Kier molecular flexibility index (Phi) is 16.2. The highest BCUT2D eigenvalue weighted by atomic mass is 15.4. The van der Waals surface area contributed by atoms with Gasteiger partial charge in [0.05, 0.1) is 98.7 Å². The molecule has 16 bridgehead atoms. The van der Waals surface area contributed by atoms with Gasteiger partial charge in [-0.1, -0.05) is 118 Å². The van der Waals surface area contributed by atoms with Crippen molar-refractivity contribution in [1.82, 2.24) is 85.1 Å². The molecule has 8 saturated carbocycles. The van der Waals surface area contributed by atoms with Gasteiger partial charge in [-0.25, -0.2) is 0 Å². The molecule has 0 aromatic rings. The Morgan fingerprint density at radius 2 is 0.250 bits per heavy atom. The molecular formula is C68H120N16. The Balaban J connectivity index is 0.000000133. The summed E-state index contributed by atoms with van der Waals surface area (Å²) in [7, 11) is 0. The zero-order valence-corrected chi connectivity index (χ0v) is 52.6. The lowest BCUT2D eigenvalue weighted by Crippen LogP contribution is -2.62. The first-order valence-corrected chi connectivity index (χ1v) is 37.4. The third kappa shape index (κ3) is 10.1. The van der Waals surface area contributed by atoms with Crippen LogP contribution in [-0.4, -0.2) is 98.7 Å². The Morgan fingerprint density at radius 3 is 0.381 bits per heavy atom. The molecule has 472 valence electrons. The average molecular weight is 1160 g/mol. The van der Waals surface area contributed by atoms with Crippen LogP contribution in [0.25, 0.3) is 0 Å². The second kappa shape index (κ2) is 23.8. The number of hydrogen-bond donors (Lipinski definition) is 16. The highest BCUT2D eigenvalue weighted by molar-refractivity contribution is 5.13. The van der Waals surface area contributed by atoms with Crippen molar-refractivity contribution in [3.8, 4) is 0 Å². The molecule has 18 fully saturated rings. The molecule has 10 heterocycles. The lowest BCUT2D eigenvalue weighted by atomic mass is 9.58. The molecule has 0 radical (unpaired) electrons. The van der Waals surface area contributed by atoms with Crippen molar-refractivity contribution in [1.29, 1.82) is 0 Å². The topological polar surface area (TPSA) is 192 Å². The molecule has 16 N–H and O–H groups in total. The normalized spacial score (nSPS) is 59.0. The first-order valence-electron chi connectivity index (χ1n) is 37.4. The van der Waals surface area contributed by atoms with Crippen LogP contribution in [0.15, 0.2) is 0 Å². The maximum absolute atomic E-state index is 4.35. The third-order valence-corrected chi connectivity index (χ3v) is 29.8. The molecule has 84 heavy (non-hydrogen) atoms. The van der Waals surface area contributed by atoms with Crippen molar-refractivity contribution in [2.75, 3.05) is 0 Å². The average Bonchev–Trinajstić information content (AvgIpc) is 3.23. The van der Waals surface area contributed by atoms with Gasteiger partial charge in [-0.2, -0.15) is 0 Å². The quantitative estimate of drug-likeness (QED) is 0.131. The predicted molar refractivity (Wildman–Crippen MR) is 333 cm³/mol. The summed E-state index contributed by atoms with van der Waals surface area (Å²) in [6.45, 7) is 10.2. The van der Waals surface area contributed by atoms with E-state index in [0.29, 0.717) is 122 Å². The van der Waals surface area contributed by atoms with E-state index in [1.54, 1.807) is 0 Å². The molecule has 16 nitrogen and oxygen atoms in total. The standard InChI is InChI=1S/C36H64N8.C32H56N8/c1-17-18(2)20(4)28-27(19(17)3)35-42-33-25-15-9-7-13-23(25)31(40-33)38-29-21-11-5-6-12-22(21)30(37-29)39-32-24-14-8-10-16-26(24)34(41-32)43-36(28)44-35;1-2-10-18-17(9-1)25-33-26(18)38-28-21-13-5-6-14-22(21)30(35-28)40-32-24-16-8-7-15-23(24)31(36-32)39-29-20-12-4-3-11-19(20)27(34-29)37-25/h17-44H,5-16H2,1-4H3;17-40H,1-16H2. The van der Waals surface area contributed by atoms with Crippen molar-refractivity contribution in [2.45, 2.75) is 306 Å². The molecule has 0 aromatic heterocycles. The summed E-state index contributed by atoms with van der Waals surface area (Å²) in [4.78, 5) is 0. The van der Waals surface area contributed by atoms with E-state index in [1.807, 2.05) is 0 Å². The number of hydrogen-bond acceptors (Lipinski definition) is 16. The molecule has 0 aromatic carbocycles. The van der Waals surface area contributed by atoms with Crippen molar-refractivity contribution in [3.63, 3.8) is 0 Å². The third-order valence-electron chi connectivity index (χ3n) is 29.8. The van der Waals surface area contributed by atoms with Gasteiger partial charge >= 0.3 is 0 Å². The van der Waals surface area contributed by atoms with E-state index >= 15 is 0 Å². The van der Waals surface area contributed by atoms with Gasteiger partial charge < -0.3 is 0 Å². The Hall–Kier alpha value is -0.640. The molecule has 28 unspecified atom stereocenters. The van der Waals surface area contributed by atoms with E-state index in [2.05, 4.69) is 113 Å². The largest absolute Gasteiger partial charge is 0.286 e. The smallest absolute Gasteiger partial charge is 0.0631 e. The minimum atomic E-state index is 0.353. The fourth-order valence-corrected chi connectivity index (χ4v) is 25.3. The SMILES string of the molecule is C1CCC2C3NC(NC4NC(NC5NC(NC6NC(N3)C3CCCCC63)C3CCCCC53)C3CCCCC43)C2C1.CC1C(C)C(C)C2C3NC4NC(NC5NC(NC6NC(NC(N3)C2C1C)C1CCCCC61)C1CCCCC51)C1CCCCC41. The minimum absolute atomic E-state index is 0.353. The molecule has 10 saturated heterocycles. The zero-order chi connectivity index (χ0) is 55.9. The lowest BCUT2D eigenvalue weighted by molar-refractivity contribution is 0.00514. The highest BCUT2D eigenvalue weighted by Crippen LogP contribution is 2.53. The van der Waals surface area contributed by atoms with Crippen LogP contribution in [0.1, 0.15) is 207 Å². The lowest BCUT2D eigenvalue weighted by Gasteiger charge is -2.48.